The van der Waals surface area contributed by atoms with Gasteiger partial charge in [0, 0.05) is 11.5 Å². The third kappa shape index (κ3) is 10.7. The van der Waals surface area contributed by atoms with Gasteiger partial charge in [-0.25, -0.2) is 0 Å². The Labute approximate surface area is 252 Å². The van der Waals surface area contributed by atoms with Gasteiger partial charge in [-0.2, -0.15) is 0 Å². The highest BCUT2D eigenvalue weighted by molar-refractivity contribution is 6.74. The maximum absolute atomic E-state index is 12.9. The molecule has 7 heteroatoms. The number of esters is 1. The summed E-state index contributed by atoms with van der Waals surface area (Å²) in [5, 5.41) is 14.4. The molecule has 2 N–H and O–H groups in total. The number of carbonyl (C=O) groups is 2. The Morgan fingerprint density at radius 3 is 2.34 bits per heavy atom. The highest BCUT2D eigenvalue weighted by Gasteiger charge is 2.43. The molecule has 0 radical (unpaired) electrons. The number of hydrogen-bond acceptors (Lipinski definition) is 5. The molecule has 0 fully saturated rings. The monoisotopic (exact) mass is 591 g/mol. The topological polar surface area (TPSA) is 84.9 Å². The summed E-state index contributed by atoms with van der Waals surface area (Å²) < 4.78 is 12.9. The van der Waals surface area contributed by atoms with Gasteiger partial charge < -0.3 is 19.6 Å². The second-order valence-electron chi connectivity index (χ2n) is 15.5. The first-order valence-corrected chi connectivity index (χ1v) is 18.9. The van der Waals surface area contributed by atoms with Crippen molar-refractivity contribution in [3.05, 3.63) is 23.8 Å². The summed E-state index contributed by atoms with van der Waals surface area (Å²) in [6.45, 7) is 25.3. The first kappa shape index (κ1) is 35.8. The van der Waals surface area contributed by atoms with Gasteiger partial charge in [-0.15, -0.1) is 0 Å². The van der Waals surface area contributed by atoms with Crippen molar-refractivity contribution >= 4 is 20.2 Å². The SMILES string of the molecule is CCC(C)C(=O)OC1CC(C)C=C2C=CC(C)C(CCC(O)CC(CC(=O)NC(C)(C)C)O[Si](C)(C)C(C)(C)C)C21. The minimum Gasteiger partial charge on any atom is -0.461 e. The van der Waals surface area contributed by atoms with E-state index in [1.165, 1.54) is 5.57 Å². The van der Waals surface area contributed by atoms with Crippen LogP contribution in [0.1, 0.15) is 108 Å². The van der Waals surface area contributed by atoms with Gasteiger partial charge in [0.05, 0.1) is 24.5 Å². The summed E-state index contributed by atoms with van der Waals surface area (Å²) in [5.41, 5.74) is 0.945. The fraction of sp³-hybridized carbons (Fsp3) is 0.824. The normalized spacial score (nSPS) is 27.3. The number of amides is 1. The van der Waals surface area contributed by atoms with E-state index in [4.69, 9.17) is 9.16 Å². The molecule has 2 aliphatic rings. The molecule has 8 atom stereocenters. The van der Waals surface area contributed by atoms with Crippen LogP contribution in [0.3, 0.4) is 0 Å². The van der Waals surface area contributed by atoms with Crippen molar-refractivity contribution in [2.24, 2.45) is 29.6 Å². The number of aliphatic hydroxyl groups excluding tert-OH is 1. The van der Waals surface area contributed by atoms with Crippen LogP contribution in [-0.4, -0.2) is 49.2 Å². The van der Waals surface area contributed by atoms with Crippen LogP contribution in [-0.2, 0) is 18.8 Å². The lowest BCUT2D eigenvalue weighted by Crippen LogP contribution is -2.47. The minimum absolute atomic E-state index is 0.00312. The predicted molar refractivity (Wildman–Crippen MR) is 171 cm³/mol. The zero-order valence-electron chi connectivity index (χ0n) is 28.2. The molecule has 0 aliphatic heterocycles. The number of rotatable bonds is 12. The summed E-state index contributed by atoms with van der Waals surface area (Å²) in [5.74, 6) is 0.829. The Hall–Kier alpha value is -1.44. The molecule has 2 rings (SSSR count). The van der Waals surface area contributed by atoms with Crippen LogP contribution in [0.25, 0.3) is 0 Å². The summed E-state index contributed by atoms with van der Waals surface area (Å²) >= 11 is 0. The lowest BCUT2D eigenvalue weighted by atomic mass is 9.65. The maximum Gasteiger partial charge on any atom is 0.308 e. The number of fused-ring (bicyclic) bond motifs is 1. The van der Waals surface area contributed by atoms with Crippen LogP contribution >= 0.6 is 0 Å². The molecule has 0 bridgehead atoms. The van der Waals surface area contributed by atoms with Crippen molar-refractivity contribution < 1.29 is 23.9 Å². The van der Waals surface area contributed by atoms with E-state index in [2.05, 4.69) is 71.3 Å². The van der Waals surface area contributed by atoms with E-state index < -0.39 is 14.4 Å². The molecule has 6 nitrogen and oxygen atoms in total. The van der Waals surface area contributed by atoms with Crippen LogP contribution in [0.4, 0.5) is 0 Å². The Bertz CT molecular complexity index is 944. The number of carbonyl (C=O) groups excluding carboxylic acids is 2. The van der Waals surface area contributed by atoms with E-state index in [-0.39, 0.29) is 58.8 Å². The molecule has 0 aromatic rings. The molecule has 8 unspecified atom stereocenters. The first-order chi connectivity index (χ1) is 18.7. The van der Waals surface area contributed by atoms with E-state index in [9.17, 15) is 14.7 Å². The first-order valence-electron chi connectivity index (χ1n) is 16.0. The van der Waals surface area contributed by atoms with Crippen molar-refractivity contribution in [3.63, 3.8) is 0 Å². The van der Waals surface area contributed by atoms with Crippen molar-refractivity contribution in [1.29, 1.82) is 0 Å². The van der Waals surface area contributed by atoms with Crippen molar-refractivity contribution in [1.82, 2.24) is 5.32 Å². The second kappa shape index (κ2) is 14.4. The van der Waals surface area contributed by atoms with Gasteiger partial charge in [0.15, 0.2) is 8.32 Å². The lowest BCUT2D eigenvalue weighted by molar-refractivity contribution is -0.158. The Kier molecular flexibility index (Phi) is 12.5. The van der Waals surface area contributed by atoms with Gasteiger partial charge in [0.1, 0.15) is 6.10 Å². The summed E-state index contributed by atoms with van der Waals surface area (Å²) in [6.07, 6.45) is 9.47. The lowest BCUT2D eigenvalue weighted by Gasteiger charge is -2.43. The van der Waals surface area contributed by atoms with Gasteiger partial charge in [0.25, 0.3) is 0 Å². The van der Waals surface area contributed by atoms with Crippen LogP contribution < -0.4 is 5.32 Å². The molecule has 0 aromatic carbocycles. The predicted octanol–water partition coefficient (Wildman–Crippen LogP) is 7.58. The molecular formula is C34H61NO5Si. The third-order valence-electron chi connectivity index (χ3n) is 9.44. The molecule has 0 aromatic heterocycles. The van der Waals surface area contributed by atoms with Crippen molar-refractivity contribution in [3.8, 4) is 0 Å². The molecule has 1 amide bonds. The van der Waals surface area contributed by atoms with E-state index in [0.29, 0.717) is 24.7 Å². The number of ether oxygens (including phenoxy) is 1. The highest BCUT2D eigenvalue weighted by atomic mass is 28.4. The fourth-order valence-corrected chi connectivity index (χ4v) is 7.27. The quantitative estimate of drug-likeness (QED) is 0.181. The molecule has 2 aliphatic carbocycles. The zero-order chi connectivity index (χ0) is 31.3. The minimum atomic E-state index is -2.15. The average Bonchev–Trinajstić information content (AvgIpc) is 2.80. The Morgan fingerprint density at radius 1 is 1.15 bits per heavy atom. The standard InChI is InChI=1S/C34H61NO5Si/c1-13-23(3)32(38)39-29-19-22(2)18-25-15-14-24(4)28(31(25)29)17-16-26(36)20-27(21-30(37)35-33(5,6)7)40-41(11,12)34(8,9)10/h14-15,18,22-24,26-29,31,36H,13,16-17,19-21H2,1-12H3,(H,35,37). The van der Waals surface area contributed by atoms with Crippen molar-refractivity contribution in [2.45, 2.75) is 150 Å². The van der Waals surface area contributed by atoms with Crippen LogP contribution in [0.2, 0.25) is 18.1 Å². The zero-order valence-corrected chi connectivity index (χ0v) is 29.2. The van der Waals surface area contributed by atoms with Crippen LogP contribution in [0, 0.1) is 29.6 Å². The molecule has 236 valence electrons. The maximum atomic E-state index is 12.9. The van der Waals surface area contributed by atoms with Crippen LogP contribution in [0.5, 0.6) is 0 Å². The number of allylic oxidation sites excluding steroid dienone is 3. The molecule has 0 heterocycles. The van der Waals surface area contributed by atoms with Gasteiger partial charge in [-0.1, -0.05) is 66.7 Å². The molecular weight excluding hydrogens is 530 g/mol. The number of aliphatic hydroxyl groups is 1. The average molecular weight is 592 g/mol. The van der Waals surface area contributed by atoms with E-state index in [1.807, 2.05) is 34.6 Å². The van der Waals surface area contributed by atoms with Gasteiger partial charge in [-0.05, 0) is 94.3 Å². The molecule has 0 spiro atoms. The van der Waals surface area contributed by atoms with E-state index in [1.54, 1.807) is 0 Å². The smallest absolute Gasteiger partial charge is 0.308 e. The fourth-order valence-electron chi connectivity index (χ4n) is 5.90. The number of nitrogens with one attached hydrogen (secondary N) is 1. The highest BCUT2D eigenvalue weighted by Crippen LogP contribution is 2.45. The summed E-state index contributed by atoms with van der Waals surface area (Å²) in [7, 11) is -2.15. The Balaban J connectivity index is 2.18. The largest absolute Gasteiger partial charge is 0.461 e. The second-order valence-corrected chi connectivity index (χ2v) is 20.3. The van der Waals surface area contributed by atoms with Gasteiger partial charge >= 0.3 is 5.97 Å². The Morgan fingerprint density at radius 2 is 1.78 bits per heavy atom. The van der Waals surface area contributed by atoms with Crippen LogP contribution in [0.15, 0.2) is 23.8 Å². The van der Waals surface area contributed by atoms with Gasteiger partial charge in [-0.3, -0.25) is 9.59 Å². The molecule has 41 heavy (non-hydrogen) atoms. The van der Waals surface area contributed by atoms with Gasteiger partial charge in [0.2, 0.25) is 5.91 Å². The summed E-state index contributed by atoms with van der Waals surface area (Å²) in [6, 6.07) is 0. The molecule has 0 saturated carbocycles. The van der Waals surface area contributed by atoms with Crippen molar-refractivity contribution in [2.75, 3.05) is 0 Å². The number of hydrogen-bond donors (Lipinski definition) is 2. The van der Waals surface area contributed by atoms with E-state index in [0.717, 1.165) is 19.3 Å². The molecule has 0 saturated heterocycles. The van der Waals surface area contributed by atoms with E-state index >= 15 is 0 Å². The third-order valence-corrected chi connectivity index (χ3v) is 14.0. The summed E-state index contributed by atoms with van der Waals surface area (Å²) in [4.78, 5) is 25.7.